The molecule has 1 aromatic carbocycles. The van der Waals surface area contributed by atoms with E-state index in [2.05, 4.69) is 5.32 Å². The standard InChI is InChI=1S/C15H15ClFN3O2S2/c16-11-8-10(3-4-12(11)17)19-15(21)20-5-7-24(18,22)14(9-20)13-2-1-6-23-13/h1-4,6,8,14,18H,5,7,9H2,(H,19,21)/t14-,24?/m0/s1. The third kappa shape index (κ3) is 3.55. The van der Waals surface area contributed by atoms with E-state index >= 15 is 0 Å². The molecular weight excluding hydrogens is 373 g/mol. The van der Waals surface area contributed by atoms with E-state index in [1.54, 1.807) is 0 Å². The first-order valence-electron chi connectivity index (χ1n) is 7.16. The number of thiophene rings is 1. The summed E-state index contributed by atoms with van der Waals surface area (Å²) in [5.74, 6) is -0.424. The number of anilines is 1. The molecule has 0 aliphatic carbocycles. The molecule has 1 aliphatic rings. The van der Waals surface area contributed by atoms with Crippen LogP contribution in [-0.4, -0.2) is 34.0 Å². The number of benzene rings is 1. The SMILES string of the molecule is N=S1(=O)CCN(C(=O)Nc2ccc(F)c(Cl)c2)C[C@H]1c1cccs1. The largest absolute Gasteiger partial charge is 0.322 e. The topological polar surface area (TPSA) is 73.3 Å². The van der Waals surface area contributed by atoms with Crippen molar-refractivity contribution in [3.05, 3.63) is 51.4 Å². The molecule has 0 spiro atoms. The summed E-state index contributed by atoms with van der Waals surface area (Å²) in [5.41, 5.74) is 0.385. The molecule has 128 valence electrons. The van der Waals surface area contributed by atoms with Gasteiger partial charge < -0.3 is 10.2 Å². The Kier molecular flexibility index (Phi) is 4.80. The van der Waals surface area contributed by atoms with Gasteiger partial charge in [0.15, 0.2) is 0 Å². The van der Waals surface area contributed by atoms with E-state index in [0.29, 0.717) is 5.69 Å². The van der Waals surface area contributed by atoms with Gasteiger partial charge in [-0.25, -0.2) is 13.4 Å². The van der Waals surface area contributed by atoms with Crippen LogP contribution in [-0.2, 0) is 9.73 Å². The Morgan fingerprint density at radius 1 is 1.46 bits per heavy atom. The van der Waals surface area contributed by atoms with Crippen LogP contribution in [0.25, 0.3) is 0 Å². The van der Waals surface area contributed by atoms with E-state index in [4.69, 9.17) is 16.4 Å². The summed E-state index contributed by atoms with van der Waals surface area (Å²) in [7, 11) is -2.78. The van der Waals surface area contributed by atoms with Crippen molar-refractivity contribution in [1.29, 1.82) is 4.78 Å². The molecule has 2 atom stereocenters. The number of amides is 2. The number of halogens is 2. The Bertz CT molecular complexity index is 856. The molecule has 2 aromatic rings. The minimum atomic E-state index is -2.78. The first kappa shape index (κ1) is 17.2. The van der Waals surface area contributed by atoms with Crippen LogP contribution >= 0.6 is 22.9 Å². The minimum absolute atomic E-state index is 0.0721. The first-order chi connectivity index (χ1) is 11.4. The van der Waals surface area contributed by atoms with Crippen LogP contribution in [0.4, 0.5) is 14.9 Å². The number of nitrogens with one attached hydrogen (secondary N) is 2. The van der Waals surface area contributed by atoms with Gasteiger partial charge in [-0.1, -0.05) is 17.7 Å². The normalized spacial score (nSPS) is 23.9. The minimum Gasteiger partial charge on any atom is -0.322 e. The fourth-order valence-corrected chi connectivity index (χ4v) is 5.67. The molecule has 1 unspecified atom stereocenters. The van der Waals surface area contributed by atoms with Crippen LogP contribution in [0.1, 0.15) is 10.1 Å². The zero-order chi connectivity index (χ0) is 17.3. The highest BCUT2D eigenvalue weighted by molar-refractivity contribution is 7.92. The summed E-state index contributed by atoms with van der Waals surface area (Å²) in [5, 5.41) is 3.96. The number of rotatable bonds is 2. The number of nitrogens with zero attached hydrogens (tertiary/aromatic N) is 1. The monoisotopic (exact) mass is 387 g/mol. The van der Waals surface area contributed by atoms with Gasteiger partial charge in [0.25, 0.3) is 0 Å². The van der Waals surface area contributed by atoms with Gasteiger partial charge in [0.2, 0.25) is 0 Å². The van der Waals surface area contributed by atoms with E-state index in [1.165, 1.54) is 34.4 Å². The summed E-state index contributed by atoms with van der Waals surface area (Å²) in [6.45, 7) is 0.453. The van der Waals surface area contributed by atoms with Crippen molar-refractivity contribution >= 4 is 44.4 Å². The molecule has 1 saturated heterocycles. The Labute approximate surface area is 148 Å². The van der Waals surface area contributed by atoms with Crippen LogP contribution in [0.15, 0.2) is 35.7 Å². The smallest absolute Gasteiger partial charge is 0.321 e. The van der Waals surface area contributed by atoms with Crippen molar-refractivity contribution < 1.29 is 13.4 Å². The molecule has 3 rings (SSSR count). The van der Waals surface area contributed by atoms with Crippen molar-refractivity contribution in [3.8, 4) is 0 Å². The van der Waals surface area contributed by atoms with Gasteiger partial charge in [0.1, 0.15) is 5.82 Å². The lowest BCUT2D eigenvalue weighted by Crippen LogP contribution is -2.46. The highest BCUT2D eigenvalue weighted by Crippen LogP contribution is 2.32. The molecular formula is C15H15ClFN3O2S2. The lowest BCUT2D eigenvalue weighted by Gasteiger charge is -2.33. The summed E-state index contributed by atoms with van der Waals surface area (Å²) < 4.78 is 33.8. The third-order valence-corrected chi connectivity index (χ3v) is 7.36. The average molecular weight is 388 g/mol. The van der Waals surface area contributed by atoms with Gasteiger partial charge in [-0.05, 0) is 29.6 Å². The van der Waals surface area contributed by atoms with E-state index < -0.39 is 20.8 Å². The molecule has 2 N–H and O–H groups in total. The van der Waals surface area contributed by atoms with Gasteiger partial charge in [-0.3, -0.25) is 4.78 Å². The molecule has 5 nitrogen and oxygen atoms in total. The zero-order valence-electron chi connectivity index (χ0n) is 12.5. The maximum atomic E-state index is 13.2. The Hall–Kier alpha value is -1.64. The predicted molar refractivity (Wildman–Crippen MR) is 94.8 cm³/mol. The van der Waals surface area contributed by atoms with E-state index in [9.17, 15) is 13.4 Å². The van der Waals surface area contributed by atoms with Gasteiger partial charge in [0.05, 0.1) is 20.0 Å². The predicted octanol–water partition coefficient (Wildman–Crippen LogP) is 4.18. The number of carbonyl (C=O) groups is 1. The van der Waals surface area contributed by atoms with Crippen molar-refractivity contribution in [2.75, 3.05) is 24.2 Å². The second-order valence-electron chi connectivity index (χ2n) is 5.44. The van der Waals surface area contributed by atoms with E-state index in [1.807, 2.05) is 17.5 Å². The van der Waals surface area contributed by atoms with Crippen molar-refractivity contribution in [2.24, 2.45) is 0 Å². The molecule has 2 heterocycles. The summed E-state index contributed by atoms with van der Waals surface area (Å²) >= 11 is 7.15. The molecule has 1 aromatic heterocycles. The zero-order valence-corrected chi connectivity index (χ0v) is 14.9. The summed E-state index contributed by atoms with van der Waals surface area (Å²) in [6, 6.07) is 7.24. The Morgan fingerprint density at radius 2 is 2.25 bits per heavy atom. The van der Waals surface area contributed by atoms with Crippen LogP contribution in [0, 0.1) is 10.6 Å². The summed E-state index contributed by atoms with van der Waals surface area (Å²) in [4.78, 5) is 14.8. The summed E-state index contributed by atoms with van der Waals surface area (Å²) in [6.07, 6.45) is 0. The molecule has 1 aliphatic heterocycles. The molecule has 1 fully saturated rings. The second-order valence-corrected chi connectivity index (χ2v) is 9.26. The number of hydrogen-bond donors (Lipinski definition) is 2. The van der Waals surface area contributed by atoms with Gasteiger partial charge in [-0.2, -0.15) is 0 Å². The van der Waals surface area contributed by atoms with E-state index in [0.717, 1.165) is 4.88 Å². The molecule has 0 bridgehead atoms. The molecule has 24 heavy (non-hydrogen) atoms. The lowest BCUT2D eigenvalue weighted by atomic mass is 10.3. The maximum absolute atomic E-state index is 13.2. The quantitative estimate of drug-likeness (QED) is 0.811. The molecule has 9 heteroatoms. The van der Waals surface area contributed by atoms with Gasteiger partial charge in [0, 0.05) is 29.4 Å². The van der Waals surface area contributed by atoms with Crippen LogP contribution in [0.5, 0.6) is 0 Å². The Balaban J connectivity index is 1.75. The fraction of sp³-hybridized carbons (Fsp3) is 0.267. The highest BCUT2D eigenvalue weighted by Gasteiger charge is 2.34. The molecule has 0 saturated carbocycles. The lowest BCUT2D eigenvalue weighted by molar-refractivity contribution is 0.213. The first-order valence-corrected chi connectivity index (χ1v) is 10.2. The maximum Gasteiger partial charge on any atom is 0.321 e. The highest BCUT2D eigenvalue weighted by atomic mass is 35.5. The third-order valence-electron chi connectivity index (χ3n) is 3.83. The fourth-order valence-electron chi connectivity index (χ4n) is 2.51. The number of carbonyl (C=O) groups excluding carboxylic acids is 1. The number of hydrogen-bond acceptors (Lipinski definition) is 4. The van der Waals surface area contributed by atoms with Gasteiger partial charge >= 0.3 is 6.03 Å². The average Bonchev–Trinajstić information content (AvgIpc) is 3.04. The molecule has 0 radical (unpaired) electrons. The van der Waals surface area contributed by atoms with Crippen LogP contribution in [0.3, 0.4) is 0 Å². The Morgan fingerprint density at radius 3 is 2.92 bits per heavy atom. The van der Waals surface area contributed by atoms with Crippen molar-refractivity contribution in [1.82, 2.24) is 4.90 Å². The number of urea groups is 1. The molecule has 2 amide bonds. The van der Waals surface area contributed by atoms with Gasteiger partial charge in [-0.15, -0.1) is 11.3 Å². The van der Waals surface area contributed by atoms with E-state index in [-0.39, 0.29) is 29.9 Å². The van der Waals surface area contributed by atoms with Crippen molar-refractivity contribution in [2.45, 2.75) is 5.25 Å². The second kappa shape index (κ2) is 6.70. The van der Waals surface area contributed by atoms with Crippen molar-refractivity contribution in [3.63, 3.8) is 0 Å². The van der Waals surface area contributed by atoms with Crippen LogP contribution < -0.4 is 5.32 Å². The van der Waals surface area contributed by atoms with Crippen LogP contribution in [0.2, 0.25) is 5.02 Å².